The van der Waals surface area contributed by atoms with Gasteiger partial charge in [-0.1, -0.05) is 103 Å². The molecule has 1 heterocycles. The summed E-state index contributed by atoms with van der Waals surface area (Å²) in [5, 5.41) is 8.91. The maximum Gasteiger partial charge on any atom is 0.305 e. The molecular weight excluding hydrogens is 394 g/mol. The molecule has 1 aliphatic carbocycles. The summed E-state index contributed by atoms with van der Waals surface area (Å²) in [4.78, 5) is 26.4. The van der Waals surface area contributed by atoms with Crippen LogP contribution in [-0.2, 0) is 9.59 Å². The van der Waals surface area contributed by atoms with E-state index in [1.807, 2.05) is 0 Å². The second-order valence-electron chi connectivity index (χ2n) is 9.44. The number of carbonyl (C=O) groups excluding carboxylic acids is 1. The first kappa shape index (κ1) is 25.5. The van der Waals surface area contributed by atoms with Gasteiger partial charge in [0.1, 0.15) is 0 Å². The van der Waals surface area contributed by atoms with E-state index in [1.54, 1.807) is 11.8 Å². The van der Waals surface area contributed by atoms with Crippen molar-refractivity contribution in [1.82, 2.24) is 4.90 Å². The Morgan fingerprint density at radius 1 is 0.900 bits per heavy atom. The molecule has 1 N–H and O–H groups in total. The van der Waals surface area contributed by atoms with Gasteiger partial charge in [-0.05, 0) is 19.3 Å². The van der Waals surface area contributed by atoms with Crippen LogP contribution in [0.1, 0.15) is 129 Å². The summed E-state index contributed by atoms with van der Waals surface area (Å²) in [6.45, 7) is 3.08. The highest BCUT2D eigenvalue weighted by Crippen LogP contribution is 2.49. The number of carbonyl (C=O) groups is 2. The highest BCUT2D eigenvalue weighted by Gasteiger charge is 2.50. The van der Waals surface area contributed by atoms with Gasteiger partial charge in [-0.25, -0.2) is 0 Å². The lowest BCUT2D eigenvalue weighted by Crippen LogP contribution is -2.45. The van der Waals surface area contributed by atoms with Gasteiger partial charge in [0.2, 0.25) is 5.91 Å². The monoisotopic (exact) mass is 439 g/mol. The maximum absolute atomic E-state index is 13.1. The minimum Gasteiger partial charge on any atom is -0.481 e. The van der Waals surface area contributed by atoms with E-state index < -0.39 is 5.97 Å². The maximum atomic E-state index is 13.1. The van der Waals surface area contributed by atoms with Crippen LogP contribution < -0.4 is 0 Å². The Morgan fingerprint density at radius 3 is 1.93 bits per heavy atom. The van der Waals surface area contributed by atoms with Crippen LogP contribution in [-0.4, -0.2) is 38.5 Å². The number of hydrogen-bond donors (Lipinski definition) is 1. The Bertz CT molecular complexity index is 501. The van der Waals surface area contributed by atoms with Crippen molar-refractivity contribution in [3.05, 3.63) is 0 Å². The van der Waals surface area contributed by atoms with Crippen LogP contribution in [0.5, 0.6) is 0 Å². The number of nitrogens with zero attached hydrogens (tertiary/aromatic N) is 1. The summed E-state index contributed by atoms with van der Waals surface area (Å²) in [6, 6.07) is 0. The van der Waals surface area contributed by atoms with Crippen LogP contribution in [0.3, 0.4) is 0 Å². The number of carboxylic acid groups (broad SMARTS) is 1. The quantitative estimate of drug-likeness (QED) is 0.309. The molecule has 174 valence electrons. The molecule has 1 spiro atoms. The van der Waals surface area contributed by atoms with Crippen LogP contribution in [0.15, 0.2) is 0 Å². The summed E-state index contributed by atoms with van der Waals surface area (Å²) in [6.07, 6.45) is 22.4. The molecule has 1 saturated heterocycles. The molecule has 30 heavy (non-hydrogen) atoms. The van der Waals surface area contributed by atoms with Gasteiger partial charge in [-0.3, -0.25) is 9.59 Å². The molecule has 0 bridgehead atoms. The zero-order valence-corrected chi connectivity index (χ0v) is 20.2. The Morgan fingerprint density at radius 2 is 1.40 bits per heavy atom. The molecule has 2 fully saturated rings. The van der Waals surface area contributed by atoms with Gasteiger partial charge >= 0.3 is 5.97 Å². The molecule has 2 aliphatic rings. The fourth-order valence-electron chi connectivity index (χ4n) is 5.13. The van der Waals surface area contributed by atoms with Crippen LogP contribution in [0.25, 0.3) is 0 Å². The number of thioether (sulfide) groups is 1. The third-order valence-electron chi connectivity index (χ3n) is 6.88. The van der Waals surface area contributed by atoms with E-state index in [4.69, 9.17) is 0 Å². The Labute approximate surface area is 188 Å². The largest absolute Gasteiger partial charge is 0.481 e. The van der Waals surface area contributed by atoms with Gasteiger partial charge in [-0.15, -0.1) is 11.8 Å². The van der Waals surface area contributed by atoms with Crippen molar-refractivity contribution in [2.24, 2.45) is 0 Å². The van der Waals surface area contributed by atoms with Crippen LogP contribution >= 0.6 is 11.8 Å². The van der Waals surface area contributed by atoms with Crippen molar-refractivity contribution in [2.45, 2.75) is 139 Å². The second kappa shape index (κ2) is 14.4. The first-order valence-electron chi connectivity index (χ1n) is 12.8. The van der Waals surface area contributed by atoms with Crippen molar-refractivity contribution in [2.75, 3.05) is 6.54 Å². The summed E-state index contributed by atoms with van der Waals surface area (Å²) >= 11 is 1.69. The molecular formula is C25H45NO3S. The Kier molecular flexibility index (Phi) is 12.2. The fourth-order valence-corrected chi connectivity index (χ4v) is 6.95. The van der Waals surface area contributed by atoms with E-state index in [-0.39, 0.29) is 22.4 Å². The minimum absolute atomic E-state index is 0.0280. The fraction of sp³-hybridized carbons (Fsp3) is 0.920. The predicted octanol–water partition coefficient (Wildman–Crippen LogP) is 7.16. The number of unbranched alkanes of at least 4 members (excludes halogenated alkanes) is 9. The number of hydrogen-bond acceptors (Lipinski definition) is 3. The average molecular weight is 440 g/mol. The van der Waals surface area contributed by atoms with E-state index in [0.29, 0.717) is 0 Å². The highest BCUT2D eigenvalue weighted by atomic mass is 32.2. The molecule has 1 saturated carbocycles. The SMILES string of the molecule is CCCCCCCCCCCCN1C(=O)C(CC(=O)O)SC12CCCCCCCC2. The van der Waals surface area contributed by atoms with E-state index in [9.17, 15) is 14.7 Å². The molecule has 0 aromatic heterocycles. The van der Waals surface area contributed by atoms with Crippen molar-refractivity contribution in [3.63, 3.8) is 0 Å². The lowest BCUT2D eigenvalue weighted by Gasteiger charge is -2.38. The first-order valence-corrected chi connectivity index (χ1v) is 13.7. The summed E-state index contributed by atoms with van der Waals surface area (Å²) < 4.78 is 0. The van der Waals surface area contributed by atoms with Crippen molar-refractivity contribution in [1.29, 1.82) is 0 Å². The average Bonchev–Trinajstić information content (AvgIpc) is 3.02. The summed E-state index contributed by atoms with van der Waals surface area (Å²) in [7, 11) is 0. The molecule has 4 nitrogen and oxygen atoms in total. The van der Waals surface area contributed by atoms with E-state index in [0.717, 1.165) is 38.6 Å². The molecule has 2 rings (SSSR count). The van der Waals surface area contributed by atoms with E-state index in [1.165, 1.54) is 83.5 Å². The third kappa shape index (κ3) is 8.43. The zero-order chi connectivity index (χ0) is 21.7. The zero-order valence-electron chi connectivity index (χ0n) is 19.3. The standard InChI is InChI=1S/C25H45NO3S/c1-2-3-4-5-6-7-8-11-14-17-20-26-24(29)22(21-23(27)28)30-25(26)18-15-12-9-10-13-16-19-25/h22H,2-21H2,1H3,(H,27,28). The molecule has 1 unspecified atom stereocenters. The molecule has 1 atom stereocenters. The number of carboxylic acids is 1. The lowest BCUT2D eigenvalue weighted by atomic mass is 10.0. The van der Waals surface area contributed by atoms with Crippen molar-refractivity contribution < 1.29 is 14.7 Å². The van der Waals surface area contributed by atoms with E-state index in [2.05, 4.69) is 11.8 Å². The van der Waals surface area contributed by atoms with Crippen molar-refractivity contribution in [3.8, 4) is 0 Å². The predicted molar refractivity (Wildman–Crippen MR) is 127 cm³/mol. The van der Waals surface area contributed by atoms with Crippen LogP contribution in [0.2, 0.25) is 0 Å². The molecule has 0 radical (unpaired) electrons. The molecule has 1 aliphatic heterocycles. The normalized spacial score (nSPS) is 22.1. The smallest absolute Gasteiger partial charge is 0.305 e. The molecule has 1 amide bonds. The number of amides is 1. The number of aliphatic carboxylic acids is 1. The first-order chi connectivity index (χ1) is 14.6. The van der Waals surface area contributed by atoms with Crippen molar-refractivity contribution >= 4 is 23.6 Å². The summed E-state index contributed by atoms with van der Waals surface area (Å²) in [5.41, 5.74) is 0. The second-order valence-corrected chi connectivity index (χ2v) is 11.0. The molecule has 0 aromatic rings. The lowest BCUT2D eigenvalue weighted by molar-refractivity contribution is -0.140. The van der Waals surface area contributed by atoms with Gasteiger partial charge in [0.25, 0.3) is 0 Å². The Hall–Kier alpha value is -0.710. The van der Waals surface area contributed by atoms with Gasteiger partial charge in [-0.2, -0.15) is 0 Å². The third-order valence-corrected chi connectivity index (χ3v) is 8.60. The molecule has 5 heteroatoms. The number of rotatable bonds is 13. The van der Waals surface area contributed by atoms with Crippen LogP contribution in [0, 0.1) is 0 Å². The summed E-state index contributed by atoms with van der Waals surface area (Å²) in [5.74, 6) is -0.752. The molecule has 0 aromatic carbocycles. The van der Waals surface area contributed by atoms with Crippen LogP contribution in [0.4, 0.5) is 0 Å². The Balaban J connectivity index is 1.82. The topological polar surface area (TPSA) is 57.6 Å². The van der Waals surface area contributed by atoms with Gasteiger partial charge in [0.05, 0.1) is 16.5 Å². The van der Waals surface area contributed by atoms with E-state index >= 15 is 0 Å². The van der Waals surface area contributed by atoms with Gasteiger partial charge < -0.3 is 10.0 Å². The van der Waals surface area contributed by atoms with Gasteiger partial charge in [0.15, 0.2) is 0 Å². The van der Waals surface area contributed by atoms with Gasteiger partial charge in [0, 0.05) is 6.54 Å². The highest BCUT2D eigenvalue weighted by molar-refractivity contribution is 8.02. The minimum atomic E-state index is -0.847.